The van der Waals surface area contributed by atoms with Crippen molar-refractivity contribution in [1.29, 1.82) is 0 Å². The third-order valence-electron chi connectivity index (χ3n) is 7.45. The van der Waals surface area contributed by atoms with E-state index in [1.54, 1.807) is 0 Å². The van der Waals surface area contributed by atoms with Gasteiger partial charge in [0.15, 0.2) is 0 Å². The molecule has 1 aromatic carbocycles. The van der Waals surface area contributed by atoms with Gasteiger partial charge in [-0.15, -0.1) is 0 Å². The monoisotopic (exact) mass is 443 g/mol. The number of carbonyl (C=O) groups excluding carboxylic acids is 3. The predicted molar refractivity (Wildman–Crippen MR) is 117 cm³/mol. The van der Waals surface area contributed by atoms with E-state index in [2.05, 4.69) is 24.5 Å². The smallest absolute Gasteiger partial charge is 0.410 e. The molecule has 0 unspecified atom stereocenters. The van der Waals surface area contributed by atoms with E-state index in [0.29, 0.717) is 19.5 Å². The largest absolute Gasteiger partial charge is 0.445 e. The number of piperidine rings is 2. The number of aliphatic hydroxyl groups excluding tert-OH is 1. The molecule has 1 aromatic rings. The van der Waals surface area contributed by atoms with Crippen molar-refractivity contribution in [2.45, 2.75) is 51.8 Å². The first-order valence-electron chi connectivity index (χ1n) is 11.5. The topological polar surface area (TPSA) is 108 Å². The molecule has 174 valence electrons. The lowest BCUT2D eigenvalue weighted by Gasteiger charge is -2.31. The number of hydrogen-bond donors (Lipinski definition) is 3. The van der Waals surface area contributed by atoms with Crippen LogP contribution >= 0.6 is 0 Å². The third kappa shape index (κ3) is 4.46. The number of nitrogens with one attached hydrogen (secondary N) is 2. The van der Waals surface area contributed by atoms with E-state index in [0.717, 1.165) is 18.4 Å². The van der Waals surface area contributed by atoms with Crippen LogP contribution in [0.3, 0.4) is 0 Å². The van der Waals surface area contributed by atoms with Gasteiger partial charge in [0.1, 0.15) is 12.6 Å². The quantitative estimate of drug-likeness (QED) is 0.594. The van der Waals surface area contributed by atoms with Gasteiger partial charge in [-0.25, -0.2) is 4.79 Å². The molecule has 4 rings (SSSR count). The second-order valence-electron chi connectivity index (χ2n) is 9.84. The van der Waals surface area contributed by atoms with Gasteiger partial charge in [-0.3, -0.25) is 14.5 Å². The van der Waals surface area contributed by atoms with E-state index in [1.165, 1.54) is 4.90 Å². The summed E-state index contributed by atoms with van der Waals surface area (Å²) in [5.74, 6) is -0.223. The molecule has 1 saturated carbocycles. The summed E-state index contributed by atoms with van der Waals surface area (Å²) < 4.78 is 5.50. The molecule has 0 radical (unpaired) electrons. The Morgan fingerprint density at radius 1 is 1.31 bits per heavy atom. The van der Waals surface area contributed by atoms with Gasteiger partial charge in [0.2, 0.25) is 11.8 Å². The summed E-state index contributed by atoms with van der Waals surface area (Å²) in [6.07, 6.45) is 1.53. The fourth-order valence-corrected chi connectivity index (χ4v) is 5.45. The molecule has 32 heavy (non-hydrogen) atoms. The van der Waals surface area contributed by atoms with Crippen molar-refractivity contribution in [3.8, 4) is 0 Å². The van der Waals surface area contributed by atoms with Gasteiger partial charge < -0.3 is 20.5 Å². The summed E-state index contributed by atoms with van der Waals surface area (Å²) in [5.41, 5.74) is 0.869. The minimum atomic E-state index is -0.632. The van der Waals surface area contributed by atoms with Crippen LogP contribution in [0.4, 0.5) is 4.79 Å². The molecule has 3 N–H and O–H groups in total. The van der Waals surface area contributed by atoms with Gasteiger partial charge >= 0.3 is 6.09 Å². The summed E-state index contributed by atoms with van der Waals surface area (Å²) in [7, 11) is 0. The number of benzene rings is 1. The van der Waals surface area contributed by atoms with Crippen molar-refractivity contribution in [2.75, 3.05) is 19.7 Å². The van der Waals surface area contributed by atoms with Crippen molar-refractivity contribution in [1.82, 2.24) is 15.5 Å². The molecule has 3 aliphatic rings. The molecule has 1 aliphatic carbocycles. The van der Waals surface area contributed by atoms with Gasteiger partial charge in [-0.05, 0) is 42.1 Å². The Bertz CT molecular complexity index is 858. The van der Waals surface area contributed by atoms with E-state index >= 15 is 0 Å². The standard InChI is InChI=1S/C24H33N3O5/c1-24(2)18-12-27(23(31)32-14-15-7-4-3-5-8-15)20(19(18)24)22(30)26-17(13-28)11-16-9-6-10-25-21(16)29/h3-5,7-8,16-20,28H,6,9-14H2,1-2H3,(H,25,29)(H,26,30)/t16-,17-,18-,19-,20-/m0/s1. The number of hydrogen-bond acceptors (Lipinski definition) is 5. The number of likely N-dealkylation sites (tertiary alicyclic amines) is 1. The van der Waals surface area contributed by atoms with Crippen LogP contribution in [0, 0.1) is 23.2 Å². The van der Waals surface area contributed by atoms with Gasteiger partial charge in [-0.2, -0.15) is 0 Å². The number of amides is 3. The summed E-state index contributed by atoms with van der Waals surface area (Å²) in [4.78, 5) is 39.7. The van der Waals surface area contributed by atoms with Crippen LogP contribution in [0.1, 0.15) is 38.7 Å². The lowest BCUT2D eigenvalue weighted by atomic mass is 9.91. The Hall–Kier alpha value is -2.61. The summed E-state index contributed by atoms with van der Waals surface area (Å²) in [5, 5.41) is 15.6. The predicted octanol–water partition coefficient (Wildman–Crippen LogP) is 1.67. The minimum Gasteiger partial charge on any atom is -0.445 e. The molecular formula is C24H33N3O5. The van der Waals surface area contributed by atoms with Crippen LogP contribution < -0.4 is 10.6 Å². The minimum absolute atomic E-state index is 0.0177. The zero-order chi connectivity index (χ0) is 22.9. The Morgan fingerprint density at radius 2 is 2.06 bits per heavy atom. The number of carbonyl (C=O) groups is 3. The highest BCUT2D eigenvalue weighted by atomic mass is 16.6. The highest BCUT2D eigenvalue weighted by molar-refractivity contribution is 5.88. The maximum Gasteiger partial charge on any atom is 0.410 e. The van der Waals surface area contributed by atoms with E-state index in [-0.39, 0.29) is 48.2 Å². The Kier molecular flexibility index (Phi) is 6.42. The van der Waals surface area contributed by atoms with Crippen LogP contribution in [-0.4, -0.2) is 59.7 Å². The van der Waals surface area contributed by atoms with E-state index in [1.807, 2.05) is 30.3 Å². The SMILES string of the molecule is CC1(C)[C@@H]2[C@@H](C(=O)N[C@H](CO)C[C@@H]3CCCNC3=O)N(C(=O)OCc3ccccc3)C[C@@H]21. The lowest BCUT2D eigenvalue weighted by Crippen LogP contribution is -2.53. The molecule has 0 aromatic heterocycles. The van der Waals surface area contributed by atoms with Crippen molar-refractivity contribution < 1.29 is 24.2 Å². The average molecular weight is 444 g/mol. The fourth-order valence-electron chi connectivity index (χ4n) is 5.45. The van der Waals surface area contributed by atoms with E-state index < -0.39 is 18.2 Å². The second kappa shape index (κ2) is 9.10. The zero-order valence-electron chi connectivity index (χ0n) is 18.8. The Labute approximate surface area is 188 Å². The first kappa shape index (κ1) is 22.6. The zero-order valence-corrected chi connectivity index (χ0v) is 18.8. The van der Waals surface area contributed by atoms with Gasteiger partial charge in [-0.1, -0.05) is 44.2 Å². The Balaban J connectivity index is 1.40. The van der Waals surface area contributed by atoms with Crippen LogP contribution in [0.5, 0.6) is 0 Å². The Morgan fingerprint density at radius 3 is 2.75 bits per heavy atom. The lowest BCUT2D eigenvalue weighted by molar-refractivity contribution is -0.130. The maximum absolute atomic E-state index is 13.3. The molecule has 8 heteroatoms. The molecule has 3 fully saturated rings. The molecule has 0 spiro atoms. The maximum atomic E-state index is 13.3. The van der Waals surface area contributed by atoms with E-state index in [4.69, 9.17) is 4.74 Å². The van der Waals surface area contributed by atoms with Crippen molar-refractivity contribution in [3.05, 3.63) is 35.9 Å². The highest BCUT2D eigenvalue weighted by Gasteiger charge is 2.69. The molecule has 2 heterocycles. The first-order chi connectivity index (χ1) is 15.3. The summed E-state index contributed by atoms with van der Waals surface area (Å²) in [6.45, 7) is 5.29. The number of aliphatic hydroxyl groups is 1. The van der Waals surface area contributed by atoms with Gasteiger partial charge in [0.05, 0.1) is 12.6 Å². The average Bonchev–Trinajstić information content (AvgIpc) is 3.13. The third-order valence-corrected chi connectivity index (χ3v) is 7.45. The van der Waals surface area contributed by atoms with Crippen LogP contribution in [0.2, 0.25) is 0 Å². The first-order valence-corrected chi connectivity index (χ1v) is 11.5. The summed E-state index contributed by atoms with van der Waals surface area (Å²) in [6, 6.07) is 8.27. The van der Waals surface area contributed by atoms with Crippen molar-refractivity contribution in [2.24, 2.45) is 23.2 Å². The van der Waals surface area contributed by atoms with Crippen LogP contribution in [0.15, 0.2) is 30.3 Å². The molecule has 2 saturated heterocycles. The molecule has 3 amide bonds. The van der Waals surface area contributed by atoms with Crippen molar-refractivity contribution >= 4 is 17.9 Å². The van der Waals surface area contributed by atoms with Crippen LogP contribution in [-0.2, 0) is 20.9 Å². The number of fused-ring (bicyclic) bond motifs is 1. The fraction of sp³-hybridized carbons (Fsp3) is 0.625. The molecule has 5 atom stereocenters. The number of ether oxygens (including phenoxy) is 1. The molecule has 8 nitrogen and oxygen atoms in total. The number of rotatable bonds is 7. The molecule has 0 bridgehead atoms. The van der Waals surface area contributed by atoms with Crippen LogP contribution in [0.25, 0.3) is 0 Å². The normalized spacial score (nSPS) is 29.0. The van der Waals surface area contributed by atoms with E-state index in [9.17, 15) is 19.5 Å². The summed E-state index contributed by atoms with van der Waals surface area (Å²) >= 11 is 0. The molecular weight excluding hydrogens is 410 g/mol. The van der Waals surface area contributed by atoms with Gasteiger partial charge in [0.25, 0.3) is 0 Å². The second-order valence-corrected chi connectivity index (χ2v) is 9.84. The molecule has 2 aliphatic heterocycles. The highest BCUT2D eigenvalue weighted by Crippen LogP contribution is 2.64. The number of nitrogens with zero attached hydrogens (tertiary/aromatic N) is 1. The van der Waals surface area contributed by atoms with Crippen molar-refractivity contribution in [3.63, 3.8) is 0 Å². The van der Waals surface area contributed by atoms with Gasteiger partial charge in [0, 0.05) is 19.0 Å².